The Morgan fingerprint density at radius 2 is 2.24 bits per heavy atom. The van der Waals surface area contributed by atoms with Crippen molar-refractivity contribution in [3.63, 3.8) is 0 Å². The first-order valence-electron chi connectivity index (χ1n) is 5.99. The molecule has 0 aliphatic heterocycles. The molecule has 1 aliphatic rings. The Balaban J connectivity index is 1.60. The van der Waals surface area contributed by atoms with Gasteiger partial charge < -0.3 is 15.2 Å². The van der Waals surface area contributed by atoms with Crippen LogP contribution in [0.3, 0.4) is 0 Å². The van der Waals surface area contributed by atoms with Gasteiger partial charge in [-0.15, -0.1) is 0 Å². The van der Waals surface area contributed by atoms with Gasteiger partial charge in [0.1, 0.15) is 12.4 Å². The van der Waals surface area contributed by atoms with Gasteiger partial charge in [-0.25, -0.2) is 0 Å². The number of hydrogen-bond acceptors (Lipinski definition) is 3. The lowest BCUT2D eigenvalue weighted by atomic mass is 9.80. The van der Waals surface area contributed by atoms with Crippen molar-refractivity contribution in [1.82, 2.24) is 5.32 Å². The van der Waals surface area contributed by atoms with Crippen LogP contribution >= 0.6 is 15.9 Å². The number of ether oxygens (including phenoxy) is 1. The van der Waals surface area contributed by atoms with Gasteiger partial charge in [0.25, 0.3) is 0 Å². The molecule has 0 unspecified atom stereocenters. The second-order valence-electron chi connectivity index (χ2n) is 4.56. The highest BCUT2D eigenvalue weighted by Gasteiger charge is 2.33. The van der Waals surface area contributed by atoms with Crippen LogP contribution in [0.5, 0.6) is 5.75 Å². The molecule has 1 aromatic carbocycles. The molecule has 94 valence electrons. The molecule has 1 saturated carbocycles. The van der Waals surface area contributed by atoms with E-state index in [0.29, 0.717) is 13.2 Å². The number of rotatable bonds is 6. The maximum Gasteiger partial charge on any atom is 0.120 e. The predicted octanol–water partition coefficient (Wildman–Crippen LogP) is 2.33. The third-order valence-electron chi connectivity index (χ3n) is 3.08. The zero-order valence-electron chi connectivity index (χ0n) is 9.79. The van der Waals surface area contributed by atoms with E-state index in [-0.39, 0.29) is 0 Å². The molecule has 4 heteroatoms. The van der Waals surface area contributed by atoms with Crippen molar-refractivity contribution in [3.8, 4) is 5.75 Å². The molecular formula is C13H18BrNO2. The third kappa shape index (κ3) is 3.98. The van der Waals surface area contributed by atoms with E-state index in [1.807, 2.05) is 24.3 Å². The van der Waals surface area contributed by atoms with E-state index in [9.17, 15) is 5.11 Å². The molecule has 17 heavy (non-hydrogen) atoms. The van der Waals surface area contributed by atoms with E-state index >= 15 is 0 Å². The quantitative estimate of drug-likeness (QED) is 0.792. The molecule has 0 spiro atoms. The van der Waals surface area contributed by atoms with Gasteiger partial charge in [-0.05, 0) is 37.5 Å². The summed E-state index contributed by atoms with van der Waals surface area (Å²) in [5.41, 5.74) is -0.449. The Morgan fingerprint density at radius 1 is 1.41 bits per heavy atom. The standard InChI is InChI=1S/C13H18BrNO2/c14-11-3-1-4-12(9-11)17-8-7-15-10-13(16)5-2-6-13/h1,3-4,9,15-16H,2,5-8,10H2. The van der Waals surface area contributed by atoms with E-state index < -0.39 is 5.60 Å². The van der Waals surface area contributed by atoms with Crippen LogP contribution < -0.4 is 10.1 Å². The van der Waals surface area contributed by atoms with E-state index in [4.69, 9.17) is 4.74 Å². The van der Waals surface area contributed by atoms with Crippen LogP contribution in [0.25, 0.3) is 0 Å². The Kier molecular flexibility index (Phi) is 4.42. The molecule has 0 amide bonds. The smallest absolute Gasteiger partial charge is 0.120 e. The monoisotopic (exact) mass is 299 g/mol. The number of hydrogen-bond donors (Lipinski definition) is 2. The van der Waals surface area contributed by atoms with Crippen molar-refractivity contribution in [3.05, 3.63) is 28.7 Å². The topological polar surface area (TPSA) is 41.5 Å². The molecule has 3 nitrogen and oxygen atoms in total. The summed E-state index contributed by atoms with van der Waals surface area (Å²) in [7, 11) is 0. The highest BCUT2D eigenvalue weighted by atomic mass is 79.9. The van der Waals surface area contributed by atoms with Crippen molar-refractivity contribution >= 4 is 15.9 Å². The van der Waals surface area contributed by atoms with E-state index in [0.717, 1.165) is 36.0 Å². The first-order chi connectivity index (χ1) is 8.18. The SMILES string of the molecule is OC1(CNCCOc2cccc(Br)c2)CCC1. The van der Waals surface area contributed by atoms with Gasteiger partial charge in [-0.3, -0.25) is 0 Å². The van der Waals surface area contributed by atoms with Crippen LogP contribution in [0.4, 0.5) is 0 Å². The van der Waals surface area contributed by atoms with Crippen molar-refractivity contribution < 1.29 is 9.84 Å². The molecule has 0 radical (unpaired) electrons. The summed E-state index contributed by atoms with van der Waals surface area (Å²) >= 11 is 3.40. The van der Waals surface area contributed by atoms with Gasteiger partial charge >= 0.3 is 0 Å². The average molecular weight is 300 g/mol. The number of benzene rings is 1. The zero-order valence-corrected chi connectivity index (χ0v) is 11.4. The largest absolute Gasteiger partial charge is 0.492 e. The fourth-order valence-electron chi connectivity index (χ4n) is 1.88. The minimum absolute atomic E-state index is 0.449. The summed E-state index contributed by atoms with van der Waals surface area (Å²) in [5.74, 6) is 0.864. The van der Waals surface area contributed by atoms with Crippen LogP contribution in [-0.2, 0) is 0 Å². The summed E-state index contributed by atoms with van der Waals surface area (Å²) in [6, 6.07) is 7.80. The molecule has 0 saturated heterocycles. The average Bonchev–Trinajstić information content (AvgIpc) is 2.26. The molecule has 0 atom stereocenters. The molecule has 0 bridgehead atoms. The predicted molar refractivity (Wildman–Crippen MR) is 71.3 cm³/mol. The van der Waals surface area contributed by atoms with Crippen LogP contribution in [0.15, 0.2) is 28.7 Å². The maximum atomic E-state index is 9.85. The summed E-state index contributed by atoms with van der Waals surface area (Å²) in [4.78, 5) is 0. The van der Waals surface area contributed by atoms with Gasteiger partial charge in [0.2, 0.25) is 0 Å². The van der Waals surface area contributed by atoms with Crippen molar-refractivity contribution in [1.29, 1.82) is 0 Å². The van der Waals surface area contributed by atoms with E-state index in [1.54, 1.807) is 0 Å². The molecule has 2 N–H and O–H groups in total. The molecular weight excluding hydrogens is 282 g/mol. The molecule has 1 aromatic rings. The van der Waals surface area contributed by atoms with Crippen molar-refractivity contribution in [2.75, 3.05) is 19.7 Å². The van der Waals surface area contributed by atoms with Gasteiger partial charge in [0.05, 0.1) is 5.60 Å². The summed E-state index contributed by atoms with van der Waals surface area (Å²) in [6.45, 7) is 2.05. The van der Waals surface area contributed by atoms with Gasteiger partial charge in [0.15, 0.2) is 0 Å². The molecule has 1 aliphatic carbocycles. The highest BCUT2D eigenvalue weighted by Crippen LogP contribution is 2.30. The number of halogens is 1. The van der Waals surface area contributed by atoms with Crippen LogP contribution in [-0.4, -0.2) is 30.4 Å². The minimum atomic E-state index is -0.449. The zero-order chi connectivity index (χ0) is 12.1. The summed E-state index contributed by atoms with van der Waals surface area (Å²) in [6.07, 6.45) is 2.99. The Labute approximate surface area is 110 Å². The summed E-state index contributed by atoms with van der Waals surface area (Å²) in [5, 5.41) is 13.1. The van der Waals surface area contributed by atoms with Crippen LogP contribution in [0.1, 0.15) is 19.3 Å². The second-order valence-corrected chi connectivity index (χ2v) is 5.48. The number of aliphatic hydroxyl groups is 1. The van der Waals surface area contributed by atoms with E-state index in [2.05, 4.69) is 21.2 Å². The van der Waals surface area contributed by atoms with Gasteiger partial charge in [-0.1, -0.05) is 22.0 Å². The fourth-order valence-corrected chi connectivity index (χ4v) is 2.26. The van der Waals surface area contributed by atoms with E-state index in [1.165, 1.54) is 0 Å². The summed E-state index contributed by atoms with van der Waals surface area (Å²) < 4.78 is 6.60. The molecule has 2 rings (SSSR count). The lowest BCUT2D eigenvalue weighted by Crippen LogP contribution is -2.46. The Morgan fingerprint density at radius 3 is 2.88 bits per heavy atom. The molecule has 0 aromatic heterocycles. The lowest BCUT2D eigenvalue weighted by Gasteiger charge is -2.36. The third-order valence-corrected chi connectivity index (χ3v) is 3.58. The first-order valence-corrected chi connectivity index (χ1v) is 6.79. The minimum Gasteiger partial charge on any atom is -0.492 e. The van der Waals surface area contributed by atoms with Gasteiger partial charge in [-0.2, -0.15) is 0 Å². The lowest BCUT2D eigenvalue weighted by molar-refractivity contribution is -0.0314. The van der Waals surface area contributed by atoms with Crippen molar-refractivity contribution in [2.24, 2.45) is 0 Å². The fraction of sp³-hybridized carbons (Fsp3) is 0.538. The Hall–Kier alpha value is -0.580. The normalized spacial score (nSPS) is 17.5. The van der Waals surface area contributed by atoms with Crippen LogP contribution in [0.2, 0.25) is 0 Å². The van der Waals surface area contributed by atoms with Gasteiger partial charge in [0, 0.05) is 17.6 Å². The molecule has 0 heterocycles. The molecule has 1 fully saturated rings. The second kappa shape index (κ2) is 5.85. The van der Waals surface area contributed by atoms with Crippen LogP contribution in [0, 0.1) is 0 Å². The maximum absolute atomic E-state index is 9.85. The number of nitrogens with one attached hydrogen (secondary N) is 1. The Bertz CT molecular complexity index is 366. The van der Waals surface area contributed by atoms with Crippen molar-refractivity contribution in [2.45, 2.75) is 24.9 Å². The first kappa shape index (κ1) is 12.9. The highest BCUT2D eigenvalue weighted by molar-refractivity contribution is 9.10.